The smallest absolute Gasteiger partial charge is 0.248 e. The summed E-state index contributed by atoms with van der Waals surface area (Å²) in [6.07, 6.45) is 3.53. The minimum absolute atomic E-state index is 0.0177. The highest BCUT2D eigenvalue weighted by Gasteiger charge is 2.42. The lowest BCUT2D eigenvalue weighted by Crippen LogP contribution is -2.45. The summed E-state index contributed by atoms with van der Waals surface area (Å²) in [6.45, 7) is -3.15. The Morgan fingerprint density at radius 1 is 1.11 bits per heavy atom. The number of piperidine rings is 1. The van der Waals surface area contributed by atoms with Crippen LogP contribution in [0.4, 0.5) is 8.78 Å². The molecule has 2 saturated heterocycles. The number of amides is 1. The molecule has 7 nitrogen and oxygen atoms in total. The van der Waals surface area contributed by atoms with Gasteiger partial charge in [-0.25, -0.2) is 8.78 Å². The summed E-state index contributed by atoms with van der Waals surface area (Å²) < 4.78 is 76.8. The van der Waals surface area contributed by atoms with Crippen molar-refractivity contribution in [3.63, 3.8) is 0 Å². The summed E-state index contributed by atoms with van der Waals surface area (Å²) in [4.78, 5) is 15.6. The third kappa shape index (κ3) is 5.72. The molecule has 2 N–H and O–H groups in total. The monoisotopic (exact) mass is 535 g/mol. The van der Waals surface area contributed by atoms with E-state index in [0.717, 1.165) is 18.4 Å². The van der Waals surface area contributed by atoms with E-state index in [1.165, 1.54) is 0 Å². The molecule has 2 unspecified atom stereocenters. The molecular formula is C29H41F2N5O2. The maximum atomic E-state index is 13.7. The number of phenolic OH excluding ortho intramolecular Hbond substituents is 1. The molecule has 1 aliphatic carbocycles. The molecule has 1 amide bonds. The number of hydrogen-bond donors (Lipinski definition) is 2. The van der Waals surface area contributed by atoms with E-state index in [9.17, 15) is 18.7 Å². The van der Waals surface area contributed by atoms with Crippen molar-refractivity contribution < 1.29 is 26.9 Å². The summed E-state index contributed by atoms with van der Waals surface area (Å²) in [5.74, 6) is -4.56. The number of carbonyl (C=O) groups excluding carboxylic acids is 1. The number of benzene rings is 1. The lowest BCUT2D eigenvalue weighted by Gasteiger charge is -2.40. The molecule has 0 spiro atoms. The van der Waals surface area contributed by atoms with Crippen LogP contribution in [-0.2, 0) is 4.79 Å². The van der Waals surface area contributed by atoms with E-state index >= 15 is 0 Å². The molecule has 1 aromatic heterocycles. The van der Waals surface area contributed by atoms with Crippen molar-refractivity contribution in [1.29, 1.82) is 0 Å². The third-order valence-corrected chi connectivity index (χ3v) is 8.75. The Hall–Kier alpha value is -2.55. The van der Waals surface area contributed by atoms with Crippen LogP contribution in [0.5, 0.6) is 5.75 Å². The van der Waals surface area contributed by atoms with Gasteiger partial charge < -0.3 is 15.0 Å². The summed E-state index contributed by atoms with van der Waals surface area (Å²) >= 11 is 0. The summed E-state index contributed by atoms with van der Waals surface area (Å²) in [6, 6.07) is 6.49. The Bertz CT molecular complexity index is 1280. The second kappa shape index (κ2) is 10.9. The first-order valence-corrected chi connectivity index (χ1v) is 13.7. The van der Waals surface area contributed by atoms with E-state index < -0.39 is 31.5 Å². The lowest BCUT2D eigenvalue weighted by atomic mass is 9.86. The fraction of sp³-hybridized carbons (Fsp3) is 0.690. The number of nitrogens with one attached hydrogen (secondary N) is 1. The van der Waals surface area contributed by atoms with Gasteiger partial charge in [-0.05, 0) is 69.6 Å². The number of carbonyl (C=O) groups is 1. The maximum absolute atomic E-state index is 13.7. The number of halogens is 2. The Kier molecular flexibility index (Phi) is 5.85. The van der Waals surface area contributed by atoms with Crippen LogP contribution >= 0.6 is 0 Å². The van der Waals surface area contributed by atoms with Gasteiger partial charge in [-0.15, -0.1) is 10.2 Å². The number of fused-ring (bicyclic) bond motifs is 2. The van der Waals surface area contributed by atoms with Gasteiger partial charge in [-0.1, -0.05) is 25.8 Å². The molecule has 3 fully saturated rings. The predicted octanol–water partition coefficient (Wildman–Crippen LogP) is 5.66. The third-order valence-electron chi connectivity index (χ3n) is 8.75. The lowest BCUT2D eigenvalue weighted by molar-refractivity contribution is -0.130. The maximum Gasteiger partial charge on any atom is 0.248 e. The largest absolute Gasteiger partial charge is 0.508 e. The molecule has 208 valence electrons. The average molecular weight is 536 g/mol. The van der Waals surface area contributed by atoms with Crippen molar-refractivity contribution in [2.75, 3.05) is 6.54 Å². The molecule has 3 heterocycles. The van der Waals surface area contributed by atoms with Gasteiger partial charge in [0.1, 0.15) is 17.4 Å². The number of nitrogens with zero attached hydrogens (tertiary/aromatic N) is 4. The van der Waals surface area contributed by atoms with Crippen molar-refractivity contribution in [1.82, 2.24) is 25.0 Å². The van der Waals surface area contributed by atoms with Crippen molar-refractivity contribution >= 4 is 5.91 Å². The summed E-state index contributed by atoms with van der Waals surface area (Å²) in [7, 11) is 0. The van der Waals surface area contributed by atoms with E-state index in [1.54, 1.807) is 35.8 Å². The minimum Gasteiger partial charge on any atom is -0.508 e. The molecule has 2 bridgehead atoms. The van der Waals surface area contributed by atoms with Gasteiger partial charge in [-0.3, -0.25) is 9.69 Å². The van der Waals surface area contributed by atoms with Crippen LogP contribution in [0.3, 0.4) is 0 Å². The average Bonchev–Trinajstić information content (AvgIpc) is 3.39. The summed E-state index contributed by atoms with van der Waals surface area (Å²) in [5, 5.41) is 21.1. The highest BCUT2D eigenvalue weighted by molar-refractivity contribution is 5.79. The van der Waals surface area contributed by atoms with Crippen LogP contribution in [0, 0.1) is 12.8 Å². The van der Waals surface area contributed by atoms with E-state index in [0.29, 0.717) is 31.6 Å². The number of aryl methyl sites for hydroxylation is 1. The van der Waals surface area contributed by atoms with E-state index in [4.69, 9.17) is 8.22 Å². The molecule has 5 rings (SSSR count). The molecule has 2 aromatic rings. The highest BCUT2D eigenvalue weighted by atomic mass is 19.3. The standard InChI is InChI=1S/C29H41F2N5O2/c1-18(2)27-34-33-19(3)36(27)24-16-22-6-7-23(17-24)35(22)15-12-26(20-4-8-25(37)9-5-20)32-28(38)21-10-13-29(30,31)14-11-21/h4-5,8-9,18,21-24,26,37H,6-7,10-17H2,1-3H3,(H,32,38)/t22?,23?,24?,26-/m1/s1/i1D3,2D3. The van der Waals surface area contributed by atoms with Crippen LogP contribution < -0.4 is 5.32 Å². The first kappa shape index (κ1) is 20.4. The highest BCUT2D eigenvalue weighted by Crippen LogP contribution is 2.42. The van der Waals surface area contributed by atoms with Crippen molar-refractivity contribution in [3.8, 4) is 5.75 Å². The van der Waals surface area contributed by atoms with Gasteiger partial charge in [0.2, 0.25) is 11.8 Å². The van der Waals surface area contributed by atoms with Gasteiger partial charge in [0.25, 0.3) is 0 Å². The first-order valence-electron chi connectivity index (χ1n) is 16.7. The molecule has 3 atom stereocenters. The quantitative estimate of drug-likeness (QED) is 0.456. The van der Waals surface area contributed by atoms with Crippen LogP contribution in [0.2, 0.25) is 0 Å². The van der Waals surface area contributed by atoms with Crippen LogP contribution in [0.25, 0.3) is 0 Å². The zero-order valence-electron chi connectivity index (χ0n) is 27.7. The fourth-order valence-electron chi connectivity index (χ4n) is 6.75. The normalized spacial score (nSPS) is 29.5. The number of phenols is 1. The molecule has 0 radical (unpaired) electrons. The number of aromatic hydroxyl groups is 1. The second-order valence-corrected chi connectivity index (χ2v) is 11.2. The van der Waals surface area contributed by atoms with Gasteiger partial charge in [0.05, 0.1) is 6.04 Å². The van der Waals surface area contributed by atoms with Crippen molar-refractivity contribution in [2.45, 2.75) is 114 Å². The van der Waals surface area contributed by atoms with Gasteiger partial charge in [0.15, 0.2) is 0 Å². The topological polar surface area (TPSA) is 83.3 Å². The van der Waals surface area contributed by atoms with Crippen LogP contribution in [0.1, 0.15) is 115 Å². The van der Waals surface area contributed by atoms with Gasteiger partial charge in [-0.2, -0.15) is 0 Å². The molecule has 9 heteroatoms. The minimum atomic E-state index is -2.77. The molecule has 1 aromatic carbocycles. The second-order valence-electron chi connectivity index (χ2n) is 11.2. The van der Waals surface area contributed by atoms with E-state index in [1.807, 2.05) is 0 Å². The summed E-state index contributed by atoms with van der Waals surface area (Å²) in [5.41, 5.74) is 0.824. The number of aromatic nitrogens is 3. The molecule has 2 aliphatic heterocycles. The molecule has 1 saturated carbocycles. The fourth-order valence-corrected chi connectivity index (χ4v) is 6.75. The molecule has 38 heavy (non-hydrogen) atoms. The zero-order chi connectivity index (χ0) is 32.0. The number of alkyl halides is 2. The van der Waals surface area contributed by atoms with Crippen LogP contribution in [0.15, 0.2) is 24.3 Å². The number of rotatable bonds is 8. The SMILES string of the molecule is [2H]C([2H])([2H])C(c1nnc(C)n1C1CC2CCC(C1)N2CC[C@@H](NC(=O)C1CCC(F)(F)CC1)c1ccc(O)cc1)C([2H])([2H])[2H]. The van der Waals surface area contributed by atoms with Crippen LogP contribution in [-0.4, -0.2) is 55.2 Å². The van der Waals surface area contributed by atoms with Crippen molar-refractivity contribution in [2.24, 2.45) is 5.92 Å². The van der Waals surface area contributed by atoms with E-state index in [-0.39, 0.29) is 67.3 Å². The Balaban J connectivity index is 1.29. The Labute approximate surface area is 232 Å². The zero-order valence-corrected chi connectivity index (χ0v) is 21.7. The molecule has 3 aliphatic rings. The Morgan fingerprint density at radius 2 is 1.76 bits per heavy atom. The Morgan fingerprint density at radius 3 is 2.39 bits per heavy atom. The van der Waals surface area contributed by atoms with Crippen molar-refractivity contribution in [3.05, 3.63) is 41.5 Å². The molecular weight excluding hydrogens is 488 g/mol. The van der Waals surface area contributed by atoms with Gasteiger partial charge >= 0.3 is 0 Å². The first-order chi connectivity index (χ1) is 20.5. The van der Waals surface area contributed by atoms with E-state index in [2.05, 4.69) is 20.4 Å². The number of hydrogen-bond acceptors (Lipinski definition) is 5. The van der Waals surface area contributed by atoms with Gasteiger partial charge in [0, 0.05) is 57.6 Å². The predicted molar refractivity (Wildman–Crippen MR) is 141 cm³/mol.